The van der Waals surface area contributed by atoms with Gasteiger partial charge < -0.3 is 10.2 Å². The molecule has 1 aliphatic rings. The van der Waals surface area contributed by atoms with E-state index >= 15 is 0 Å². The Bertz CT molecular complexity index is 563. The molecule has 0 aromatic heterocycles. The van der Waals surface area contributed by atoms with Crippen molar-refractivity contribution < 1.29 is 0 Å². The van der Waals surface area contributed by atoms with Crippen molar-refractivity contribution in [3.63, 3.8) is 0 Å². The summed E-state index contributed by atoms with van der Waals surface area (Å²) < 4.78 is 0. The van der Waals surface area contributed by atoms with Gasteiger partial charge in [-0.3, -0.25) is 0 Å². The van der Waals surface area contributed by atoms with Gasteiger partial charge in [0.2, 0.25) is 0 Å². The maximum Gasteiger partial charge on any atom is 0.0437 e. The van der Waals surface area contributed by atoms with Gasteiger partial charge in [0, 0.05) is 36.5 Å². The number of hydrogen-bond donors (Lipinski definition) is 1. The van der Waals surface area contributed by atoms with Crippen molar-refractivity contribution in [3.8, 4) is 0 Å². The monoisotopic (exact) mass is 258 g/mol. The summed E-state index contributed by atoms with van der Waals surface area (Å²) in [6.07, 6.45) is 0. The summed E-state index contributed by atoms with van der Waals surface area (Å²) in [5.41, 5.74) is 5.20. The average Bonchev–Trinajstić information content (AvgIpc) is 2.82. The number of hydrogen-bond acceptors (Lipinski definition) is 2. The highest BCUT2D eigenvalue weighted by Crippen LogP contribution is 2.30. The SMILES string of the molecule is CNc1ccc2c(c1)CN(c1ccc(Cl)cc1)C2. The minimum atomic E-state index is 0.785. The van der Waals surface area contributed by atoms with E-state index in [4.69, 9.17) is 11.6 Å². The molecule has 0 saturated heterocycles. The molecule has 2 aromatic carbocycles. The number of rotatable bonds is 2. The molecule has 92 valence electrons. The molecule has 3 rings (SSSR count). The predicted octanol–water partition coefficient (Wildman–Crippen LogP) is 3.90. The number of anilines is 2. The first-order valence-corrected chi connectivity index (χ1v) is 6.44. The molecule has 1 N–H and O–H groups in total. The van der Waals surface area contributed by atoms with Gasteiger partial charge >= 0.3 is 0 Å². The Balaban J connectivity index is 1.86. The molecule has 1 aliphatic heterocycles. The number of nitrogens with one attached hydrogen (secondary N) is 1. The van der Waals surface area contributed by atoms with E-state index in [9.17, 15) is 0 Å². The third-order valence-corrected chi connectivity index (χ3v) is 3.66. The van der Waals surface area contributed by atoms with Crippen molar-refractivity contribution in [2.75, 3.05) is 17.3 Å². The average molecular weight is 259 g/mol. The Morgan fingerprint density at radius 3 is 2.44 bits per heavy atom. The normalized spacial score (nSPS) is 13.6. The van der Waals surface area contributed by atoms with Crippen molar-refractivity contribution in [1.29, 1.82) is 0 Å². The lowest BCUT2D eigenvalue weighted by Crippen LogP contribution is -2.13. The van der Waals surface area contributed by atoms with E-state index in [1.807, 2.05) is 19.2 Å². The summed E-state index contributed by atoms with van der Waals surface area (Å²) in [6, 6.07) is 14.6. The standard InChI is InChI=1S/C15H15ClN2/c1-17-14-5-2-11-9-18(10-12(11)8-14)15-6-3-13(16)4-7-15/h2-8,17H,9-10H2,1H3. The Hall–Kier alpha value is -1.67. The molecule has 3 heteroatoms. The van der Waals surface area contributed by atoms with Gasteiger partial charge in [-0.15, -0.1) is 0 Å². The molecule has 2 aromatic rings. The van der Waals surface area contributed by atoms with Crippen LogP contribution in [-0.4, -0.2) is 7.05 Å². The van der Waals surface area contributed by atoms with Crippen molar-refractivity contribution >= 4 is 23.0 Å². The van der Waals surface area contributed by atoms with Crippen LogP contribution in [0.5, 0.6) is 0 Å². The van der Waals surface area contributed by atoms with E-state index in [2.05, 4.69) is 40.5 Å². The molecule has 0 unspecified atom stereocenters. The Morgan fingerprint density at radius 2 is 1.72 bits per heavy atom. The topological polar surface area (TPSA) is 15.3 Å². The maximum atomic E-state index is 5.92. The predicted molar refractivity (Wildman–Crippen MR) is 77.3 cm³/mol. The van der Waals surface area contributed by atoms with Crippen LogP contribution in [0.1, 0.15) is 11.1 Å². The highest BCUT2D eigenvalue weighted by molar-refractivity contribution is 6.30. The van der Waals surface area contributed by atoms with Crippen molar-refractivity contribution in [1.82, 2.24) is 0 Å². The highest BCUT2D eigenvalue weighted by atomic mass is 35.5. The van der Waals surface area contributed by atoms with Gasteiger partial charge in [0.25, 0.3) is 0 Å². The molecule has 2 nitrogen and oxygen atoms in total. The fraction of sp³-hybridized carbons (Fsp3) is 0.200. The molecule has 0 bridgehead atoms. The van der Waals surface area contributed by atoms with E-state index in [0.717, 1.165) is 18.1 Å². The van der Waals surface area contributed by atoms with E-state index < -0.39 is 0 Å². The largest absolute Gasteiger partial charge is 0.388 e. The van der Waals surface area contributed by atoms with Gasteiger partial charge in [-0.1, -0.05) is 17.7 Å². The molecule has 0 aliphatic carbocycles. The van der Waals surface area contributed by atoms with Gasteiger partial charge in [-0.25, -0.2) is 0 Å². The van der Waals surface area contributed by atoms with Crippen LogP contribution in [0.2, 0.25) is 5.02 Å². The first-order chi connectivity index (χ1) is 8.76. The lowest BCUT2D eigenvalue weighted by molar-refractivity contribution is 0.881. The molecular formula is C15H15ClN2. The van der Waals surface area contributed by atoms with Crippen LogP contribution in [0.15, 0.2) is 42.5 Å². The summed E-state index contributed by atoms with van der Waals surface area (Å²) in [5, 5.41) is 3.97. The number of halogens is 1. The molecule has 0 fully saturated rings. The molecule has 1 heterocycles. The number of benzene rings is 2. The number of nitrogens with zero attached hydrogens (tertiary/aromatic N) is 1. The maximum absolute atomic E-state index is 5.92. The van der Waals surface area contributed by atoms with Crippen LogP contribution < -0.4 is 10.2 Å². The zero-order chi connectivity index (χ0) is 12.5. The molecular weight excluding hydrogens is 244 g/mol. The van der Waals surface area contributed by atoms with Crippen LogP contribution in [0, 0.1) is 0 Å². The van der Waals surface area contributed by atoms with Gasteiger partial charge in [-0.05, 0) is 47.5 Å². The van der Waals surface area contributed by atoms with E-state index in [-0.39, 0.29) is 0 Å². The second kappa shape index (κ2) is 4.54. The van der Waals surface area contributed by atoms with Gasteiger partial charge in [-0.2, -0.15) is 0 Å². The fourth-order valence-corrected chi connectivity index (χ4v) is 2.51. The van der Waals surface area contributed by atoms with E-state index in [1.54, 1.807) is 0 Å². The summed E-state index contributed by atoms with van der Waals surface area (Å²) in [7, 11) is 1.95. The zero-order valence-electron chi connectivity index (χ0n) is 10.3. The van der Waals surface area contributed by atoms with Crippen LogP contribution >= 0.6 is 11.6 Å². The summed E-state index contributed by atoms with van der Waals surface area (Å²) in [4.78, 5) is 2.36. The van der Waals surface area contributed by atoms with Gasteiger partial charge in [0.1, 0.15) is 0 Å². The quantitative estimate of drug-likeness (QED) is 0.879. The summed E-state index contributed by atoms with van der Waals surface area (Å²) >= 11 is 5.92. The Labute approximate surface area is 112 Å². The van der Waals surface area contributed by atoms with Gasteiger partial charge in [0.05, 0.1) is 0 Å². The van der Waals surface area contributed by atoms with Crippen LogP contribution in [0.25, 0.3) is 0 Å². The van der Waals surface area contributed by atoms with Gasteiger partial charge in [0.15, 0.2) is 0 Å². The van der Waals surface area contributed by atoms with E-state index in [1.165, 1.54) is 22.5 Å². The molecule has 0 radical (unpaired) electrons. The van der Waals surface area contributed by atoms with Crippen LogP contribution in [-0.2, 0) is 13.1 Å². The van der Waals surface area contributed by atoms with Crippen LogP contribution in [0.3, 0.4) is 0 Å². The molecule has 18 heavy (non-hydrogen) atoms. The second-order valence-electron chi connectivity index (χ2n) is 4.57. The highest BCUT2D eigenvalue weighted by Gasteiger charge is 2.19. The van der Waals surface area contributed by atoms with Crippen molar-refractivity contribution in [2.45, 2.75) is 13.1 Å². The first kappa shape index (κ1) is 11.4. The molecule has 0 spiro atoms. The lowest BCUT2D eigenvalue weighted by atomic mass is 10.1. The van der Waals surface area contributed by atoms with E-state index in [0.29, 0.717) is 0 Å². The Morgan fingerprint density at radius 1 is 1.00 bits per heavy atom. The third kappa shape index (κ3) is 2.04. The molecule has 0 saturated carbocycles. The second-order valence-corrected chi connectivity index (χ2v) is 5.00. The minimum absolute atomic E-state index is 0.785. The zero-order valence-corrected chi connectivity index (χ0v) is 11.0. The minimum Gasteiger partial charge on any atom is -0.388 e. The fourth-order valence-electron chi connectivity index (χ4n) is 2.38. The third-order valence-electron chi connectivity index (χ3n) is 3.41. The smallest absolute Gasteiger partial charge is 0.0437 e. The Kier molecular flexibility index (Phi) is 2.88. The lowest BCUT2D eigenvalue weighted by Gasteiger charge is -2.17. The van der Waals surface area contributed by atoms with Crippen LogP contribution in [0.4, 0.5) is 11.4 Å². The molecule has 0 atom stereocenters. The molecule has 0 amide bonds. The van der Waals surface area contributed by atoms with Crippen molar-refractivity contribution in [3.05, 3.63) is 58.6 Å². The summed E-state index contributed by atoms with van der Waals surface area (Å²) in [5.74, 6) is 0. The van der Waals surface area contributed by atoms with Crippen molar-refractivity contribution in [2.24, 2.45) is 0 Å². The number of fused-ring (bicyclic) bond motifs is 1. The first-order valence-electron chi connectivity index (χ1n) is 6.06. The summed E-state index contributed by atoms with van der Waals surface area (Å²) in [6.45, 7) is 1.94.